The molecule has 0 N–H and O–H groups in total. The van der Waals surface area contributed by atoms with Crippen LogP contribution >= 0.6 is 11.8 Å². The fraction of sp³-hybridized carbons (Fsp3) is 1.00. The van der Waals surface area contributed by atoms with E-state index in [9.17, 15) is 0 Å². The average molecular weight is 174 g/mol. The molecule has 1 fully saturated rings. The normalized spacial score (nSPS) is 25.4. The van der Waals surface area contributed by atoms with Gasteiger partial charge in [0.15, 0.2) is 0 Å². The van der Waals surface area contributed by atoms with E-state index in [4.69, 9.17) is 4.74 Å². The molecule has 1 aliphatic rings. The smallest absolute Gasteiger partial charge is 0.0585 e. The Morgan fingerprint density at radius 2 is 2.45 bits per heavy atom. The maximum atomic E-state index is 5.39. The van der Waals surface area contributed by atoms with Crippen LogP contribution in [0.5, 0.6) is 0 Å². The van der Waals surface area contributed by atoms with Crippen LogP contribution in [-0.2, 0) is 4.74 Å². The molecule has 0 bridgehead atoms. The Bertz CT molecular complexity index is 89.6. The first kappa shape index (κ1) is 9.40. The summed E-state index contributed by atoms with van der Waals surface area (Å²) in [6.45, 7) is 4.23. The second-order valence-electron chi connectivity index (χ2n) is 3.06. The minimum atomic E-state index is 0.801. The number of hydrogen-bond acceptors (Lipinski definition) is 2. The zero-order chi connectivity index (χ0) is 7.94. The summed E-state index contributed by atoms with van der Waals surface area (Å²) in [7, 11) is 0. The SMILES string of the molecule is CCCCSC1CCCOC1. The van der Waals surface area contributed by atoms with Crippen LogP contribution in [0.25, 0.3) is 0 Å². The molecule has 0 aliphatic carbocycles. The van der Waals surface area contributed by atoms with Gasteiger partial charge in [-0.25, -0.2) is 0 Å². The first-order chi connectivity index (χ1) is 5.43. The highest BCUT2D eigenvalue weighted by Crippen LogP contribution is 2.21. The fourth-order valence-corrected chi connectivity index (χ4v) is 2.55. The summed E-state index contributed by atoms with van der Waals surface area (Å²) in [6.07, 6.45) is 5.32. The van der Waals surface area contributed by atoms with Crippen molar-refractivity contribution in [2.75, 3.05) is 19.0 Å². The third kappa shape index (κ3) is 4.02. The summed E-state index contributed by atoms with van der Waals surface area (Å²) in [5.74, 6) is 1.32. The van der Waals surface area contributed by atoms with E-state index in [1.54, 1.807) is 0 Å². The van der Waals surface area contributed by atoms with Crippen molar-refractivity contribution in [2.45, 2.75) is 37.9 Å². The maximum absolute atomic E-state index is 5.39. The third-order valence-corrected chi connectivity index (χ3v) is 3.34. The lowest BCUT2D eigenvalue weighted by Gasteiger charge is -2.21. The molecule has 1 atom stereocenters. The molecular weight excluding hydrogens is 156 g/mol. The summed E-state index contributed by atoms with van der Waals surface area (Å²) >= 11 is 2.10. The summed E-state index contributed by atoms with van der Waals surface area (Å²) in [4.78, 5) is 0. The molecule has 0 aromatic heterocycles. The predicted molar refractivity (Wildman–Crippen MR) is 51.2 cm³/mol. The average Bonchev–Trinajstić information content (AvgIpc) is 2.07. The van der Waals surface area contributed by atoms with E-state index in [0.717, 1.165) is 18.5 Å². The predicted octanol–water partition coefficient (Wildman–Crippen LogP) is 2.70. The Hall–Kier alpha value is 0.310. The number of thioether (sulfide) groups is 1. The highest BCUT2D eigenvalue weighted by atomic mass is 32.2. The lowest BCUT2D eigenvalue weighted by molar-refractivity contribution is 0.101. The van der Waals surface area contributed by atoms with Gasteiger partial charge in [-0.2, -0.15) is 11.8 Å². The Labute approximate surface area is 73.9 Å². The Balaban J connectivity index is 1.96. The molecule has 0 aromatic rings. The molecule has 1 saturated heterocycles. The van der Waals surface area contributed by atoms with Gasteiger partial charge in [-0.1, -0.05) is 13.3 Å². The summed E-state index contributed by atoms with van der Waals surface area (Å²) in [5.41, 5.74) is 0. The first-order valence-electron chi connectivity index (χ1n) is 4.63. The number of rotatable bonds is 4. The molecule has 11 heavy (non-hydrogen) atoms. The van der Waals surface area contributed by atoms with Gasteiger partial charge in [0.2, 0.25) is 0 Å². The van der Waals surface area contributed by atoms with Crippen LogP contribution in [-0.4, -0.2) is 24.2 Å². The third-order valence-electron chi connectivity index (χ3n) is 1.97. The van der Waals surface area contributed by atoms with Crippen molar-refractivity contribution >= 4 is 11.8 Å². The number of unbranched alkanes of at least 4 members (excludes halogenated alkanes) is 1. The van der Waals surface area contributed by atoms with Gasteiger partial charge < -0.3 is 4.74 Å². The molecule has 1 rings (SSSR count). The summed E-state index contributed by atoms with van der Waals surface area (Å²) in [5, 5.41) is 0.801. The van der Waals surface area contributed by atoms with Gasteiger partial charge in [0.1, 0.15) is 0 Å². The molecule has 0 aromatic carbocycles. The van der Waals surface area contributed by atoms with E-state index in [1.165, 1.54) is 31.4 Å². The van der Waals surface area contributed by atoms with Crippen LogP contribution in [0.2, 0.25) is 0 Å². The fourth-order valence-electron chi connectivity index (χ4n) is 1.24. The lowest BCUT2D eigenvalue weighted by Crippen LogP contribution is -2.19. The van der Waals surface area contributed by atoms with Crippen molar-refractivity contribution in [3.05, 3.63) is 0 Å². The van der Waals surface area contributed by atoms with E-state index in [0.29, 0.717) is 0 Å². The van der Waals surface area contributed by atoms with Crippen LogP contribution in [0.3, 0.4) is 0 Å². The van der Waals surface area contributed by atoms with Crippen LogP contribution in [0.15, 0.2) is 0 Å². The molecule has 1 unspecified atom stereocenters. The number of ether oxygens (including phenoxy) is 1. The van der Waals surface area contributed by atoms with Crippen LogP contribution in [0, 0.1) is 0 Å². The second-order valence-corrected chi connectivity index (χ2v) is 4.47. The van der Waals surface area contributed by atoms with Gasteiger partial charge in [-0.3, -0.25) is 0 Å². The molecule has 0 saturated carbocycles. The molecule has 0 amide bonds. The lowest BCUT2D eigenvalue weighted by atomic mass is 10.2. The molecule has 66 valence electrons. The first-order valence-corrected chi connectivity index (χ1v) is 5.67. The second kappa shape index (κ2) is 5.90. The number of hydrogen-bond donors (Lipinski definition) is 0. The highest BCUT2D eigenvalue weighted by molar-refractivity contribution is 7.99. The van der Waals surface area contributed by atoms with Gasteiger partial charge in [-0.15, -0.1) is 0 Å². The monoisotopic (exact) mass is 174 g/mol. The van der Waals surface area contributed by atoms with E-state index in [1.807, 2.05) is 0 Å². The zero-order valence-corrected chi connectivity index (χ0v) is 8.16. The van der Waals surface area contributed by atoms with Gasteiger partial charge in [-0.05, 0) is 25.0 Å². The van der Waals surface area contributed by atoms with Crippen LogP contribution in [0.1, 0.15) is 32.6 Å². The Morgan fingerprint density at radius 3 is 3.09 bits per heavy atom. The highest BCUT2D eigenvalue weighted by Gasteiger charge is 2.12. The van der Waals surface area contributed by atoms with Crippen LogP contribution < -0.4 is 0 Å². The van der Waals surface area contributed by atoms with Crippen molar-refractivity contribution in [1.82, 2.24) is 0 Å². The zero-order valence-electron chi connectivity index (χ0n) is 7.34. The van der Waals surface area contributed by atoms with E-state index in [2.05, 4.69) is 18.7 Å². The van der Waals surface area contributed by atoms with E-state index >= 15 is 0 Å². The Morgan fingerprint density at radius 1 is 1.55 bits per heavy atom. The van der Waals surface area contributed by atoms with Crippen molar-refractivity contribution in [1.29, 1.82) is 0 Å². The van der Waals surface area contributed by atoms with Gasteiger partial charge in [0, 0.05) is 11.9 Å². The van der Waals surface area contributed by atoms with Crippen molar-refractivity contribution in [3.8, 4) is 0 Å². The molecule has 0 radical (unpaired) electrons. The quantitative estimate of drug-likeness (QED) is 0.606. The van der Waals surface area contributed by atoms with E-state index < -0.39 is 0 Å². The van der Waals surface area contributed by atoms with Crippen molar-refractivity contribution < 1.29 is 4.74 Å². The van der Waals surface area contributed by atoms with Gasteiger partial charge in [0.25, 0.3) is 0 Å². The molecular formula is C9H18OS. The topological polar surface area (TPSA) is 9.23 Å². The maximum Gasteiger partial charge on any atom is 0.0585 e. The standard InChI is InChI=1S/C9H18OS/c1-2-3-7-11-9-5-4-6-10-8-9/h9H,2-8H2,1H3. The largest absolute Gasteiger partial charge is 0.380 e. The van der Waals surface area contributed by atoms with E-state index in [-0.39, 0.29) is 0 Å². The van der Waals surface area contributed by atoms with Gasteiger partial charge in [0.05, 0.1) is 6.61 Å². The minimum absolute atomic E-state index is 0.801. The minimum Gasteiger partial charge on any atom is -0.380 e. The Kier molecular flexibility index (Phi) is 5.04. The molecule has 1 nitrogen and oxygen atoms in total. The molecule has 1 heterocycles. The summed E-state index contributed by atoms with van der Waals surface area (Å²) < 4.78 is 5.39. The molecule has 0 spiro atoms. The van der Waals surface area contributed by atoms with Crippen molar-refractivity contribution in [3.63, 3.8) is 0 Å². The van der Waals surface area contributed by atoms with Gasteiger partial charge >= 0.3 is 0 Å². The summed E-state index contributed by atoms with van der Waals surface area (Å²) in [6, 6.07) is 0. The van der Waals surface area contributed by atoms with Crippen molar-refractivity contribution in [2.24, 2.45) is 0 Å². The van der Waals surface area contributed by atoms with Crippen LogP contribution in [0.4, 0.5) is 0 Å². The molecule has 2 heteroatoms. The molecule has 1 aliphatic heterocycles.